The van der Waals surface area contributed by atoms with Crippen LogP contribution in [0.4, 0.5) is 10.1 Å². The van der Waals surface area contributed by atoms with Crippen molar-refractivity contribution in [2.24, 2.45) is 7.05 Å². The molecule has 0 N–H and O–H groups in total. The Morgan fingerprint density at radius 1 is 1.00 bits per heavy atom. The highest BCUT2D eigenvalue weighted by atomic mass is 19.1. The lowest BCUT2D eigenvalue weighted by atomic mass is 10.2. The van der Waals surface area contributed by atoms with Crippen LogP contribution in [0.25, 0.3) is 0 Å². The van der Waals surface area contributed by atoms with E-state index >= 15 is 0 Å². The number of rotatable bonds is 3. The Labute approximate surface area is 133 Å². The summed E-state index contributed by atoms with van der Waals surface area (Å²) >= 11 is 0. The lowest BCUT2D eigenvalue weighted by Gasteiger charge is -2.35. The molecule has 0 spiro atoms. The van der Waals surface area contributed by atoms with Crippen molar-refractivity contribution in [3.63, 3.8) is 0 Å². The number of halogens is 1. The maximum atomic E-state index is 13.8. The standard InChI is InChI=1S/C17H18FN3O2/c1-19-8-4-7-15(19)16(22)17(23)21-11-9-20(10-12-21)14-6-3-2-5-13(14)18/h2-8H,9-12H2,1H3. The van der Waals surface area contributed by atoms with Crippen molar-refractivity contribution in [1.82, 2.24) is 9.47 Å². The molecule has 3 rings (SSSR count). The van der Waals surface area contributed by atoms with E-state index in [2.05, 4.69) is 0 Å². The second kappa shape index (κ2) is 6.24. The van der Waals surface area contributed by atoms with Crippen LogP contribution in [0.15, 0.2) is 42.6 Å². The fourth-order valence-corrected chi connectivity index (χ4v) is 2.81. The monoisotopic (exact) mass is 315 g/mol. The van der Waals surface area contributed by atoms with Crippen molar-refractivity contribution in [2.75, 3.05) is 31.1 Å². The maximum absolute atomic E-state index is 13.8. The summed E-state index contributed by atoms with van der Waals surface area (Å²) in [5, 5.41) is 0. The molecule has 1 saturated heterocycles. The zero-order chi connectivity index (χ0) is 16.4. The van der Waals surface area contributed by atoms with Crippen LogP contribution in [0.3, 0.4) is 0 Å². The fourth-order valence-electron chi connectivity index (χ4n) is 2.81. The summed E-state index contributed by atoms with van der Waals surface area (Å²) in [7, 11) is 1.73. The van der Waals surface area contributed by atoms with Crippen LogP contribution in [-0.4, -0.2) is 47.3 Å². The number of aryl methyl sites for hydroxylation is 1. The smallest absolute Gasteiger partial charge is 0.296 e. The van der Waals surface area contributed by atoms with Gasteiger partial charge in [0.1, 0.15) is 5.82 Å². The van der Waals surface area contributed by atoms with Crippen LogP contribution >= 0.6 is 0 Å². The second-order valence-electron chi connectivity index (χ2n) is 5.56. The van der Waals surface area contributed by atoms with E-state index in [0.717, 1.165) is 0 Å². The second-order valence-corrected chi connectivity index (χ2v) is 5.56. The summed E-state index contributed by atoms with van der Waals surface area (Å²) < 4.78 is 15.4. The summed E-state index contributed by atoms with van der Waals surface area (Å²) in [5.41, 5.74) is 0.917. The van der Waals surface area contributed by atoms with Gasteiger partial charge in [-0.2, -0.15) is 0 Å². The molecule has 120 valence electrons. The number of carbonyl (C=O) groups is 2. The molecule has 1 fully saturated rings. The molecule has 2 aromatic rings. The van der Waals surface area contributed by atoms with E-state index in [-0.39, 0.29) is 5.82 Å². The zero-order valence-electron chi connectivity index (χ0n) is 12.9. The minimum Gasteiger partial charge on any atom is -0.366 e. The highest BCUT2D eigenvalue weighted by Crippen LogP contribution is 2.20. The minimum atomic E-state index is -0.503. The van der Waals surface area contributed by atoms with Gasteiger partial charge >= 0.3 is 0 Å². The number of piperazine rings is 1. The molecular formula is C17H18FN3O2. The van der Waals surface area contributed by atoms with Crippen molar-refractivity contribution in [1.29, 1.82) is 0 Å². The Balaban J connectivity index is 1.65. The van der Waals surface area contributed by atoms with Crippen molar-refractivity contribution >= 4 is 17.4 Å². The van der Waals surface area contributed by atoms with Crippen LogP contribution in [-0.2, 0) is 11.8 Å². The average Bonchev–Trinajstić information content (AvgIpc) is 3.00. The summed E-state index contributed by atoms with van der Waals surface area (Å²) in [5.74, 6) is -1.27. The van der Waals surface area contributed by atoms with E-state index in [9.17, 15) is 14.0 Å². The van der Waals surface area contributed by atoms with Crippen molar-refractivity contribution in [3.05, 3.63) is 54.1 Å². The van der Waals surface area contributed by atoms with E-state index in [1.165, 1.54) is 11.0 Å². The first kappa shape index (κ1) is 15.3. The Kier molecular flexibility index (Phi) is 4.14. The Hall–Kier alpha value is -2.63. The molecule has 0 bridgehead atoms. The molecule has 1 aromatic heterocycles. The molecule has 6 heteroatoms. The number of benzene rings is 1. The molecule has 0 unspecified atom stereocenters. The highest BCUT2D eigenvalue weighted by molar-refractivity contribution is 6.42. The SMILES string of the molecule is Cn1cccc1C(=O)C(=O)N1CCN(c2ccccc2F)CC1. The Bertz CT molecular complexity index is 733. The van der Waals surface area contributed by atoms with Crippen molar-refractivity contribution < 1.29 is 14.0 Å². The third kappa shape index (κ3) is 2.97. The molecule has 0 saturated carbocycles. The van der Waals surface area contributed by atoms with Crippen LogP contribution in [0.1, 0.15) is 10.5 Å². The number of Topliss-reactive ketones (excluding diaryl/α,β-unsaturated/α-hetero) is 1. The lowest BCUT2D eigenvalue weighted by molar-refractivity contribution is -0.126. The number of para-hydroxylation sites is 1. The van der Waals surface area contributed by atoms with E-state index in [4.69, 9.17) is 0 Å². The normalized spacial score (nSPS) is 14.9. The molecule has 1 amide bonds. The summed E-state index contributed by atoms with van der Waals surface area (Å²) in [6.07, 6.45) is 1.73. The number of hydrogen-bond acceptors (Lipinski definition) is 3. The van der Waals surface area contributed by atoms with Gasteiger partial charge in [0.25, 0.3) is 11.7 Å². The minimum absolute atomic E-state index is 0.271. The molecule has 0 atom stereocenters. The fraction of sp³-hybridized carbons (Fsp3) is 0.294. The number of anilines is 1. The van der Waals surface area contributed by atoms with Crippen LogP contribution in [0, 0.1) is 5.82 Å². The molecule has 2 heterocycles. The molecule has 1 aliphatic heterocycles. The molecule has 1 aromatic carbocycles. The van der Waals surface area contributed by atoms with Crippen LogP contribution < -0.4 is 4.90 Å². The number of carbonyl (C=O) groups excluding carboxylic acids is 2. The van der Waals surface area contributed by atoms with Gasteiger partial charge in [-0.25, -0.2) is 4.39 Å². The zero-order valence-corrected chi connectivity index (χ0v) is 12.9. The number of ketones is 1. The van der Waals surface area contributed by atoms with E-state index in [1.54, 1.807) is 48.1 Å². The van der Waals surface area contributed by atoms with Crippen LogP contribution in [0.5, 0.6) is 0 Å². The largest absolute Gasteiger partial charge is 0.366 e. The molecule has 5 nitrogen and oxygen atoms in total. The number of hydrogen-bond donors (Lipinski definition) is 0. The van der Waals surface area contributed by atoms with E-state index in [1.807, 2.05) is 4.90 Å². The van der Waals surface area contributed by atoms with Gasteiger partial charge in [0.2, 0.25) is 0 Å². The lowest BCUT2D eigenvalue weighted by Crippen LogP contribution is -2.51. The predicted molar refractivity (Wildman–Crippen MR) is 84.9 cm³/mol. The van der Waals surface area contributed by atoms with Gasteiger partial charge in [-0.15, -0.1) is 0 Å². The summed E-state index contributed by atoms with van der Waals surface area (Å²) in [6.45, 7) is 1.83. The molecule has 1 aliphatic rings. The first-order valence-electron chi connectivity index (χ1n) is 7.52. The molecule has 0 radical (unpaired) electrons. The topological polar surface area (TPSA) is 45.6 Å². The quantitative estimate of drug-likeness (QED) is 0.640. The van der Waals surface area contributed by atoms with Crippen molar-refractivity contribution in [3.8, 4) is 0 Å². The van der Waals surface area contributed by atoms with E-state index < -0.39 is 11.7 Å². The third-order valence-electron chi connectivity index (χ3n) is 4.13. The first-order chi connectivity index (χ1) is 11.1. The van der Waals surface area contributed by atoms with Gasteiger partial charge in [-0.1, -0.05) is 12.1 Å². The first-order valence-corrected chi connectivity index (χ1v) is 7.52. The van der Waals surface area contributed by atoms with Gasteiger partial charge in [0, 0.05) is 39.4 Å². The number of aromatic nitrogens is 1. The third-order valence-corrected chi connectivity index (χ3v) is 4.13. The van der Waals surface area contributed by atoms with Gasteiger partial charge in [-0.3, -0.25) is 9.59 Å². The highest BCUT2D eigenvalue weighted by Gasteiger charge is 2.28. The molecule has 23 heavy (non-hydrogen) atoms. The molecule has 0 aliphatic carbocycles. The number of nitrogens with zero attached hydrogens (tertiary/aromatic N) is 3. The molecular weight excluding hydrogens is 297 g/mol. The van der Waals surface area contributed by atoms with Gasteiger partial charge in [-0.05, 0) is 24.3 Å². The maximum Gasteiger partial charge on any atom is 0.296 e. The van der Waals surface area contributed by atoms with Gasteiger partial charge < -0.3 is 14.4 Å². The average molecular weight is 315 g/mol. The number of amides is 1. The van der Waals surface area contributed by atoms with E-state index in [0.29, 0.717) is 37.6 Å². The predicted octanol–water partition coefficient (Wildman–Crippen LogP) is 1.70. The van der Waals surface area contributed by atoms with Crippen LogP contribution in [0.2, 0.25) is 0 Å². The Morgan fingerprint density at radius 2 is 1.70 bits per heavy atom. The van der Waals surface area contributed by atoms with Gasteiger partial charge in [0.15, 0.2) is 0 Å². The summed E-state index contributed by atoms with van der Waals surface area (Å²) in [4.78, 5) is 28.0. The van der Waals surface area contributed by atoms with Crippen molar-refractivity contribution in [2.45, 2.75) is 0 Å². The van der Waals surface area contributed by atoms with Gasteiger partial charge in [0.05, 0.1) is 11.4 Å². The Morgan fingerprint density at radius 3 is 2.30 bits per heavy atom. The summed E-state index contributed by atoms with van der Waals surface area (Å²) in [6, 6.07) is 9.95.